The minimum absolute atomic E-state index is 0.0728. The number of nitrogens with two attached hydrogens (primary N) is 1. The van der Waals surface area contributed by atoms with Gasteiger partial charge in [-0.15, -0.1) is 0 Å². The van der Waals surface area contributed by atoms with E-state index in [0.29, 0.717) is 17.8 Å². The summed E-state index contributed by atoms with van der Waals surface area (Å²) in [5.74, 6) is 4.36. The molecule has 1 aromatic heterocycles. The number of carbonyl (C=O) groups excluding carboxylic acids is 1. The van der Waals surface area contributed by atoms with Crippen molar-refractivity contribution in [2.75, 3.05) is 0 Å². The highest BCUT2D eigenvalue weighted by atomic mass is 16.6. The molecule has 0 spiro atoms. The summed E-state index contributed by atoms with van der Waals surface area (Å²) in [7, 11) is 0. The second-order valence-corrected chi connectivity index (χ2v) is 4.46. The third-order valence-corrected chi connectivity index (χ3v) is 3.22. The van der Waals surface area contributed by atoms with Gasteiger partial charge in [-0.3, -0.25) is 25.1 Å². The van der Waals surface area contributed by atoms with Gasteiger partial charge in [0, 0.05) is 24.2 Å². The van der Waals surface area contributed by atoms with Gasteiger partial charge in [0.15, 0.2) is 0 Å². The molecule has 1 aromatic carbocycles. The van der Waals surface area contributed by atoms with E-state index >= 15 is 0 Å². The predicted molar refractivity (Wildman–Crippen MR) is 80.1 cm³/mol. The molecule has 0 radical (unpaired) electrons. The van der Waals surface area contributed by atoms with Crippen molar-refractivity contribution in [2.45, 2.75) is 13.5 Å². The third-order valence-electron chi connectivity index (χ3n) is 3.22. The summed E-state index contributed by atoms with van der Waals surface area (Å²) < 4.78 is 1.36. The molecule has 0 unspecified atom stereocenters. The Kier molecular flexibility index (Phi) is 4.33. The number of nitrogen functional groups attached to an aromatic ring is 1. The van der Waals surface area contributed by atoms with E-state index in [1.54, 1.807) is 25.1 Å². The van der Waals surface area contributed by atoms with Crippen LogP contribution in [0.25, 0.3) is 11.3 Å². The first-order chi connectivity index (χ1) is 10.5. The second-order valence-electron chi connectivity index (χ2n) is 4.46. The average Bonchev–Trinajstić information content (AvgIpc) is 2.53. The second kappa shape index (κ2) is 6.19. The standard InChI is InChI=1S/C14H14N4O4/c1-2-17-12(7-6-11(14(17)20)13(19)16-15)9-4-3-5-10(8-9)18(21)22/h3-8H,2,15H2,1H3,(H,16,19). The zero-order valence-electron chi connectivity index (χ0n) is 11.8. The van der Waals surface area contributed by atoms with E-state index in [2.05, 4.69) is 0 Å². The van der Waals surface area contributed by atoms with Crippen molar-refractivity contribution >= 4 is 11.6 Å². The number of nitro groups is 1. The van der Waals surface area contributed by atoms with Gasteiger partial charge in [-0.2, -0.15) is 0 Å². The summed E-state index contributed by atoms with van der Waals surface area (Å²) in [5.41, 5.74) is 2.26. The number of hydrazine groups is 1. The lowest BCUT2D eigenvalue weighted by atomic mass is 10.1. The van der Waals surface area contributed by atoms with Crippen molar-refractivity contribution in [3.05, 3.63) is 62.4 Å². The first-order valence-electron chi connectivity index (χ1n) is 6.49. The van der Waals surface area contributed by atoms with Crippen LogP contribution in [0.15, 0.2) is 41.2 Å². The van der Waals surface area contributed by atoms with Gasteiger partial charge in [-0.1, -0.05) is 12.1 Å². The van der Waals surface area contributed by atoms with Crippen LogP contribution >= 0.6 is 0 Å². The lowest BCUT2D eigenvalue weighted by Gasteiger charge is -2.12. The monoisotopic (exact) mass is 302 g/mol. The molecular weight excluding hydrogens is 288 g/mol. The molecule has 114 valence electrons. The van der Waals surface area contributed by atoms with Gasteiger partial charge < -0.3 is 4.57 Å². The highest BCUT2D eigenvalue weighted by molar-refractivity contribution is 5.93. The number of hydrogen-bond donors (Lipinski definition) is 2. The van der Waals surface area contributed by atoms with Crippen LogP contribution in [0.5, 0.6) is 0 Å². The molecule has 2 rings (SSSR count). The molecule has 0 aliphatic rings. The molecule has 0 aliphatic carbocycles. The summed E-state index contributed by atoms with van der Waals surface area (Å²) in [5, 5.41) is 10.9. The number of benzene rings is 1. The van der Waals surface area contributed by atoms with Crippen molar-refractivity contribution in [3.63, 3.8) is 0 Å². The van der Waals surface area contributed by atoms with E-state index in [0.717, 1.165) is 0 Å². The maximum atomic E-state index is 12.3. The van der Waals surface area contributed by atoms with Gasteiger partial charge in [-0.05, 0) is 19.1 Å². The van der Waals surface area contributed by atoms with E-state index in [1.807, 2.05) is 5.43 Å². The van der Waals surface area contributed by atoms with Crippen LogP contribution in [0.3, 0.4) is 0 Å². The van der Waals surface area contributed by atoms with Crippen molar-refractivity contribution in [1.82, 2.24) is 9.99 Å². The third kappa shape index (κ3) is 2.72. The topological polar surface area (TPSA) is 120 Å². The Morgan fingerprint density at radius 3 is 2.68 bits per heavy atom. The van der Waals surface area contributed by atoms with Crippen LogP contribution in [-0.2, 0) is 6.54 Å². The van der Waals surface area contributed by atoms with Crippen molar-refractivity contribution in [2.24, 2.45) is 5.84 Å². The molecule has 1 heterocycles. The van der Waals surface area contributed by atoms with Gasteiger partial charge >= 0.3 is 0 Å². The van der Waals surface area contributed by atoms with Gasteiger partial charge in [-0.25, -0.2) is 5.84 Å². The predicted octanol–water partition coefficient (Wildman–Crippen LogP) is 1.05. The molecule has 0 atom stereocenters. The summed E-state index contributed by atoms with van der Waals surface area (Å²) in [6.45, 7) is 2.05. The number of aromatic nitrogens is 1. The Hall–Kier alpha value is -3.00. The molecular formula is C14H14N4O4. The van der Waals surface area contributed by atoms with Crippen molar-refractivity contribution in [3.8, 4) is 11.3 Å². The van der Waals surface area contributed by atoms with Gasteiger partial charge in [0.1, 0.15) is 5.56 Å². The zero-order chi connectivity index (χ0) is 16.3. The van der Waals surface area contributed by atoms with Crippen LogP contribution in [0, 0.1) is 10.1 Å². The van der Waals surface area contributed by atoms with Gasteiger partial charge in [0.2, 0.25) is 0 Å². The molecule has 8 nitrogen and oxygen atoms in total. The highest BCUT2D eigenvalue weighted by Gasteiger charge is 2.15. The molecule has 0 fully saturated rings. The average molecular weight is 302 g/mol. The Labute approximate surface area is 125 Å². The van der Waals surface area contributed by atoms with E-state index in [9.17, 15) is 19.7 Å². The molecule has 0 saturated heterocycles. The molecule has 3 N–H and O–H groups in total. The van der Waals surface area contributed by atoms with Crippen LogP contribution in [0.2, 0.25) is 0 Å². The number of nitrogens with one attached hydrogen (secondary N) is 1. The summed E-state index contributed by atoms with van der Waals surface area (Å²) in [6.07, 6.45) is 0. The quantitative estimate of drug-likeness (QED) is 0.378. The Balaban J connectivity index is 2.64. The number of non-ortho nitro benzene ring substituents is 1. The fraction of sp³-hybridized carbons (Fsp3) is 0.143. The Morgan fingerprint density at radius 2 is 2.09 bits per heavy atom. The number of pyridine rings is 1. The number of hydrogen-bond acceptors (Lipinski definition) is 5. The first kappa shape index (κ1) is 15.4. The molecule has 22 heavy (non-hydrogen) atoms. The van der Waals surface area contributed by atoms with Crippen LogP contribution in [0.1, 0.15) is 17.3 Å². The molecule has 8 heteroatoms. The molecule has 2 aromatic rings. The Bertz CT molecular complexity index is 798. The molecule has 0 bridgehead atoms. The summed E-state index contributed by atoms with van der Waals surface area (Å²) in [4.78, 5) is 34.2. The number of nitrogens with zero attached hydrogens (tertiary/aromatic N) is 2. The van der Waals surface area contributed by atoms with E-state index < -0.39 is 16.4 Å². The maximum Gasteiger partial charge on any atom is 0.270 e. The van der Waals surface area contributed by atoms with E-state index in [-0.39, 0.29) is 11.3 Å². The van der Waals surface area contributed by atoms with Crippen molar-refractivity contribution < 1.29 is 9.72 Å². The SMILES string of the molecule is CCn1c(-c2cccc([N+](=O)[O-])c2)ccc(C(=O)NN)c1=O. The van der Waals surface area contributed by atoms with Crippen LogP contribution in [0.4, 0.5) is 5.69 Å². The lowest BCUT2D eigenvalue weighted by molar-refractivity contribution is -0.384. The molecule has 0 aliphatic heterocycles. The van der Waals surface area contributed by atoms with E-state index in [1.165, 1.54) is 22.8 Å². The number of amides is 1. The zero-order valence-corrected chi connectivity index (χ0v) is 11.8. The smallest absolute Gasteiger partial charge is 0.270 e. The van der Waals surface area contributed by atoms with Crippen LogP contribution in [-0.4, -0.2) is 15.4 Å². The highest BCUT2D eigenvalue weighted by Crippen LogP contribution is 2.23. The van der Waals surface area contributed by atoms with Gasteiger partial charge in [0.05, 0.1) is 10.6 Å². The minimum Gasteiger partial charge on any atom is -0.308 e. The maximum absolute atomic E-state index is 12.3. The fourth-order valence-corrected chi connectivity index (χ4v) is 2.17. The van der Waals surface area contributed by atoms with Gasteiger partial charge in [0.25, 0.3) is 17.2 Å². The largest absolute Gasteiger partial charge is 0.308 e. The Morgan fingerprint density at radius 1 is 1.36 bits per heavy atom. The van der Waals surface area contributed by atoms with Crippen LogP contribution < -0.4 is 16.8 Å². The minimum atomic E-state index is -0.683. The number of nitro benzene ring substituents is 1. The lowest BCUT2D eigenvalue weighted by Crippen LogP contribution is -2.36. The van der Waals surface area contributed by atoms with E-state index in [4.69, 9.17) is 5.84 Å². The molecule has 0 saturated carbocycles. The summed E-state index contributed by atoms with van der Waals surface area (Å²) in [6, 6.07) is 8.87. The first-order valence-corrected chi connectivity index (χ1v) is 6.49. The fourth-order valence-electron chi connectivity index (χ4n) is 2.17. The number of carbonyl (C=O) groups is 1. The summed E-state index contributed by atoms with van der Waals surface area (Å²) >= 11 is 0. The van der Waals surface area contributed by atoms with Crippen molar-refractivity contribution in [1.29, 1.82) is 0 Å². The number of rotatable bonds is 4. The molecule has 1 amide bonds. The normalized spacial score (nSPS) is 10.3.